The van der Waals surface area contributed by atoms with Crippen LogP contribution in [0.1, 0.15) is 49.6 Å². The molecule has 34 heavy (non-hydrogen) atoms. The smallest absolute Gasteiger partial charge is 0.339 e. The number of benzene rings is 3. The van der Waals surface area contributed by atoms with E-state index in [4.69, 9.17) is 25.8 Å². The normalized spacial score (nSPS) is 20.5. The van der Waals surface area contributed by atoms with Crippen LogP contribution in [0.25, 0.3) is 0 Å². The Morgan fingerprint density at radius 2 is 1.85 bits per heavy atom. The fraction of sp³-hybridized carbons (Fsp3) is 0.231. The molecule has 3 aliphatic rings. The first kappa shape index (κ1) is 21.0. The molecule has 1 N–H and O–H groups in total. The van der Waals surface area contributed by atoms with Gasteiger partial charge in [-0.25, -0.2) is 4.79 Å². The number of amides is 1. The average molecular weight is 477 g/mol. The second-order valence-corrected chi connectivity index (χ2v) is 9.05. The van der Waals surface area contributed by atoms with Gasteiger partial charge in [-0.15, -0.1) is 0 Å². The summed E-state index contributed by atoms with van der Waals surface area (Å²) in [5.41, 5.74) is 4.35. The average Bonchev–Trinajstić information content (AvgIpc) is 3.41. The molecule has 3 heterocycles. The van der Waals surface area contributed by atoms with Crippen LogP contribution < -0.4 is 14.8 Å². The zero-order valence-corrected chi connectivity index (χ0v) is 19.1. The van der Waals surface area contributed by atoms with E-state index in [1.807, 2.05) is 25.2 Å². The van der Waals surface area contributed by atoms with E-state index in [-0.39, 0.29) is 18.7 Å². The molecule has 8 heteroatoms. The molecule has 0 saturated carbocycles. The van der Waals surface area contributed by atoms with Crippen LogP contribution in [-0.2, 0) is 11.2 Å². The second-order valence-electron chi connectivity index (χ2n) is 8.64. The molecule has 2 unspecified atom stereocenters. The monoisotopic (exact) mass is 476 g/mol. The van der Waals surface area contributed by atoms with Gasteiger partial charge in [0.2, 0.25) is 6.79 Å². The number of cyclic esters (lactones) is 1. The van der Waals surface area contributed by atoms with Gasteiger partial charge in [0, 0.05) is 17.8 Å². The summed E-state index contributed by atoms with van der Waals surface area (Å²) < 4.78 is 17.0. The molecule has 0 radical (unpaired) electrons. The third kappa shape index (κ3) is 3.40. The van der Waals surface area contributed by atoms with Gasteiger partial charge in [-0.1, -0.05) is 29.8 Å². The maximum absolute atomic E-state index is 12.9. The first-order valence-electron chi connectivity index (χ1n) is 11.0. The van der Waals surface area contributed by atoms with Gasteiger partial charge in [0.15, 0.2) is 11.5 Å². The van der Waals surface area contributed by atoms with E-state index in [1.54, 1.807) is 36.4 Å². The fourth-order valence-electron chi connectivity index (χ4n) is 4.94. The van der Waals surface area contributed by atoms with Crippen LogP contribution in [0, 0.1) is 0 Å². The van der Waals surface area contributed by atoms with E-state index >= 15 is 0 Å². The molecule has 0 bridgehead atoms. The van der Waals surface area contributed by atoms with Crippen molar-refractivity contribution in [1.29, 1.82) is 0 Å². The van der Waals surface area contributed by atoms with Crippen molar-refractivity contribution in [3.05, 3.63) is 87.4 Å². The van der Waals surface area contributed by atoms with Crippen molar-refractivity contribution < 1.29 is 23.8 Å². The van der Waals surface area contributed by atoms with Crippen molar-refractivity contribution in [1.82, 2.24) is 4.90 Å². The zero-order valence-electron chi connectivity index (χ0n) is 18.3. The Labute approximate surface area is 201 Å². The van der Waals surface area contributed by atoms with Crippen molar-refractivity contribution >= 4 is 29.2 Å². The summed E-state index contributed by atoms with van der Waals surface area (Å²) >= 11 is 6.14. The number of halogens is 1. The minimum Gasteiger partial charge on any atom is -0.454 e. The third-order valence-corrected chi connectivity index (χ3v) is 6.97. The quantitative estimate of drug-likeness (QED) is 0.549. The lowest BCUT2D eigenvalue weighted by molar-refractivity contribution is 0.00942. The first-order valence-corrected chi connectivity index (χ1v) is 11.4. The molecule has 3 aromatic rings. The molecule has 2 atom stereocenters. The van der Waals surface area contributed by atoms with Gasteiger partial charge in [-0.3, -0.25) is 9.69 Å². The molecular formula is C26H21ClN2O5. The summed E-state index contributed by atoms with van der Waals surface area (Å²) in [4.78, 5) is 27.7. The minimum absolute atomic E-state index is 0.160. The van der Waals surface area contributed by atoms with Gasteiger partial charge in [0.1, 0.15) is 6.10 Å². The van der Waals surface area contributed by atoms with E-state index in [1.165, 1.54) is 5.56 Å². The molecular weight excluding hydrogens is 456 g/mol. The number of anilines is 1. The number of rotatable bonds is 3. The van der Waals surface area contributed by atoms with E-state index in [2.05, 4.69) is 10.2 Å². The Kier molecular flexibility index (Phi) is 4.97. The van der Waals surface area contributed by atoms with Crippen molar-refractivity contribution in [2.24, 2.45) is 0 Å². The topological polar surface area (TPSA) is 77.1 Å². The number of nitrogens with one attached hydrogen (secondary N) is 1. The number of carbonyl (C=O) groups excluding carboxylic acids is 2. The SMILES string of the molecule is CN1CCc2cc3c(cc2C1C1OC(=O)c2cc(NC(=O)c4ccccc4Cl)ccc21)OCO3. The minimum atomic E-state index is -0.472. The van der Waals surface area contributed by atoms with Crippen LogP contribution in [0.5, 0.6) is 11.5 Å². The number of esters is 1. The van der Waals surface area contributed by atoms with Crippen LogP contribution in [0.2, 0.25) is 5.02 Å². The van der Waals surface area contributed by atoms with Gasteiger partial charge in [0.25, 0.3) is 5.91 Å². The van der Waals surface area contributed by atoms with Crippen LogP contribution in [-0.4, -0.2) is 37.2 Å². The predicted molar refractivity (Wildman–Crippen MR) is 126 cm³/mol. The largest absolute Gasteiger partial charge is 0.454 e. The van der Waals surface area contributed by atoms with E-state index in [0.717, 1.165) is 29.8 Å². The van der Waals surface area contributed by atoms with Gasteiger partial charge < -0.3 is 19.5 Å². The molecule has 0 aromatic heterocycles. The summed E-state index contributed by atoms with van der Waals surface area (Å²) in [6.07, 6.45) is 0.403. The van der Waals surface area contributed by atoms with Crippen LogP contribution >= 0.6 is 11.6 Å². The molecule has 0 fully saturated rings. The van der Waals surface area contributed by atoms with Crippen LogP contribution in [0.15, 0.2) is 54.6 Å². The van der Waals surface area contributed by atoms with Gasteiger partial charge in [-0.05, 0) is 61.0 Å². The van der Waals surface area contributed by atoms with Crippen LogP contribution in [0.4, 0.5) is 5.69 Å². The molecule has 3 aromatic carbocycles. The number of hydrogen-bond donors (Lipinski definition) is 1. The zero-order chi connectivity index (χ0) is 23.4. The fourth-order valence-corrected chi connectivity index (χ4v) is 5.16. The number of nitrogens with zero attached hydrogens (tertiary/aromatic N) is 1. The summed E-state index contributed by atoms with van der Waals surface area (Å²) in [5.74, 6) is 0.714. The Bertz CT molecular complexity index is 1340. The standard InChI is InChI=1S/C26H21ClN2O5/c1-29-9-8-14-10-21-22(33-13-32-21)12-18(14)23(29)24-16-7-6-15(11-19(16)26(31)34-24)28-25(30)17-4-2-3-5-20(17)27/h2-7,10-12,23-24H,8-9,13H2,1H3,(H,28,30). The Morgan fingerprint density at radius 1 is 1.06 bits per heavy atom. The molecule has 1 amide bonds. The molecule has 0 spiro atoms. The lowest BCUT2D eigenvalue weighted by atomic mass is 9.86. The highest BCUT2D eigenvalue weighted by molar-refractivity contribution is 6.34. The van der Waals surface area contributed by atoms with Crippen molar-refractivity contribution in [3.63, 3.8) is 0 Å². The molecule has 0 aliphatic carbocycles. The van der Waals surface area contributed by atoms with E-state index in [9.17, 15) is 9.59 Å². The van der Waals surface area contributed by atoms with Gasteiger partial charge in [-0.2, -0.15) is 0 Å². The summed E-state index contributed by atoms with van der Waals surface area (Å²) in [7, 11) is 2.03. The highest BCUT2D eigenvalue weighted by atomic mass is 35.5. The highest BCUT2D eigenvalue weighted by Gasteiger charge is 2.42. The summed E-state index contributed by atoms with van der Waals surface area (Å²) in [6.45, 7) is 1.04. The molecule has 3 aliphatic heterocycles. The molecule has 172 valence electrons. The van der Waals surface area contributed by atoms with Crippen molar-refractivity contribution in [2.75, 3.05) is 25.7 Å². The highest BCUT2D eigenvalue weighted by Crippen LogP contribution is 2.48. The molecule has 6 rings (SSSR count). The van der Waals surface area contributed by atoms with Gasteiger partial charge in [0.05, 0.1) is 22.2 Å². The van der Waals surface area contributed by atoms with Gasteiger partial charge >= 0.3 is 5.97 Å². The number of hydrogen-bond acceptors (Lipinski definition) is 6. The summed E-state index contributed by atoms with van der Waals surface area (Å²) in [6, 6.07) is 16.0. The Hall–Kier alpha value is -3.55. The number of fused-ring (bicyclic) bond motifs is 3. The maximum Gasteiger partial charge on any atom is 0.339 e. The lowest BCUT2D eigenvalue weighted by Gasteiger charge is -2.37. The van der Waals surface area contributed by atoms with Crippen LogP contribution in [0.3, 0.4) is 0 Å². The Morgan fingerprint density at radius 3 is 2.68 bits per heavy atom. The second kappa shape index (κ2) is 8.04. The predicted octanol–water partition coefficient (Wildman–Crippen LogP) is 4.76. The number of ether oxygens (including phenoxy) is 3. The van der Waals surface area contributed by atoms with E-state index in [0.29, 0.717) is 27.6 Å². The Balaban J connectivity index is 1.32. The first-order chi connectivity index (χ1) is 16.5. The number of likely N-dealkylation sites (N-methyl/N-ethyl adjacent to an activating group) is 1. The maximum atomic E-state index is 12.9. The van der Waals surface area contributed by atoms with Crippen molar-refractivity contribution in [3.8, 4) is 11.5 Å². The third-order valence-electron chi connectivity index (χ3n) is 6.64. The van der Waals surface area contributed by atoms with E-state index < -0.39 is 12.1 Å². The van der Waals surface area contributed by atoms with Crippen molar-refractivity contribution in [2.45, 2.75) is 18.6 Å². The number of carbonyl (C=O) groups is 2. The lowest BCUT2D eigenvalue weighted by Crippen LogP contribution is -2.36. The molecule has 0 saturated heterocycles. The molecule has 7 nitrogen and oxygen atoms in total. The summed E-state index contributed by atoms with van der Waals surface area (Å²) in [5, 5.41) is 3.19.